The topological polar surface area (TPSA) is 12.0 Å². The van der Waals surface area contributed by atoms with Crippen LogP contribution < -0.4 is 5.32 Å². The van der Waals surface area contributed by atoms with E-state index in [1.807, 2.05) is 31.2 Å². The normalized spacial score (nSPS) is 12.4. The van der Waals surface area contributed by atoms with E-state index in [4.69, 9.17) is 11.6 Å². The van der Waals surface area contributed by atoms with Crippen LogP contribution in [0, 0.1) is 12.7 Å². The highest BCUT2D eigenvalue weighted by molar-refractivity contribution is 9.10. The first kappa shape index (κ1) is 16.5. The molecule has 0 saturated heterocycles. The van der Waals surface area contributed by atoms with Crippen molar-refractivity contribution >= 4 is 27.5 Å². The van der Waals surface area contributed by atoms with Gasteiger partial charge in [-0.3, -0.25) is 0 Å². The summed E-state index contributed by atoms with van der Waals surface area (Å²) < 4.78 is 14.4. The Kier molecular flexibility index (Phi) is 5.80. The highest BCUT2D eigenvalue weighted by Crippen LogP contribution is 2.27. The van der Waals surface area contributed by atoms with Crippen molar-refractivity contribution in [3.05, 3.63) is 68.4 Å². The molecule has 0 amide bonds. The zero-order chi connectivity index (χ0) is 15.4. The van der Waals surface area contributed by atoms with E-state index >= 15 is 0 Å². The number of likely N-dealkylation sites (N-methyl/N-ethyl adjacent to an activating group) is 1. The zero-order valence-electron chi connectivity index (χ0n) is 12.1. The number of rotatable bonds is 5. The van der Waals surface area contributed by atoms with Gasteiger partial charge in [-0.15, -0.1) is 0 Å². The smallest absolute Gasteiger partial charge is 0.123 e. The molecule has 1 atom stereocenters. The molecule has 0 saturated carbocycles. The molecule has 21 heavy (non-hydrogen) atoms. The van der Waals surface area contributed by atoms with Gasteiger partial charge in [0.2, 0.25) is 0 Å². The molecule has 0 aliphatic carbocycles. The first-order valence-corrected chi connectivity index (χ1v) is 8.11. The minimum absolute atomic E-state index is 0.102. The average molecular weight is 371 g/mol. The van der Waals surface area contributed by atoms with Gasteiger partial charge in [0, 0.05) is 15.5 Å². The molecule has 0 aromatic heterocycles. The van der Waals surface area contributed by atoms with Crippen LogP contribution in [0.5, 0.6) is 0 Å². The summed E-state index contributed by atoms with van der Waals surface area (Å²) in [5.74, 6) is -0.196. The van der Waals surface area contributed by atoms with Crippen molar-refractivity contribution in [1.29, 1.82) is 0 Å². The molecule has 2 rings (SSSR count). The second-order valence-corrected chi connectivity index (χ2v) is 6.44. The lowest BCUT2D eigenvalue weighted by molar-refractivity contribution is 0.545. The lowest BCUT2D eigenvalue weighted by atomic mass is 9.96. The molecule has 1 N–H and O–H groups in total. The van der Waals surface area contributed by atoms with E-state index in [2.05, 4.69) is 28.2 Å². The molecule has 4 heteroatoms. The maximum atomic E-state index is 13.5. The molecule has 1 unspecified atom stereocenters. The maximum Gasteiger partial charge on any atom is 0.123 e. The fraction of sp³-hybridized carbons (Fsp3) is 0.294. The molecule has 0 aliphatic heterocycles. The van der Waals surface area contributed by atoms with Crippen LogP contribution in [0.2, 0.25) is 5.02 Å². The Balaban J connectivity index is 2.32. The van der Waals surface area contributed by atoms with Crippen molar-refractivity contribution in [3.63, 3.8) is 0 Å². The lowest BCUT2D eigenvalue weighted by Crippen LogP contribution is -2.23. The largest absolute Gasteiger partial charge is 0.310 e. The van der Waals surface area contributed by atoms with Crippen molar-refractivity contribution in [2.45, 2.75) is 26.3 Å². The summed E-state index contributed by atoms with van der Waals surface area (Å²) in [7, 11) is 0. The van der Waals surface area contributed by atoms with E-state index in [0.29, 0.717) is 5.02 Å². The van der Waals surface area contributed by atoms with Crippen LogP contribution in [0.3, 0.4) is 0 Å². The molecule has 112 valence electrons. The minimum Gasteiger partial charge on any atom is -0.310 e. The molecular weight excluding hydrogens is 353 g/mol. The molecule has 0 heterocycles. The van der Waals surface area contributed by atoms with E-state index in [1.54, 1.807) is 6.07 Å². The van der Waals surface area contributed by atoms with Crippen LogP contribution in [-0.2, 0) is 6.42 Å². The Morgan fingerprint density at radius 2 is 2.00 bits per heavy atom. The van der Waals surface area contributed by atoms with E-state index in [0.717, 1.165) is 34.1 Å². The second kappa shape index (κ2) is 7.39. The summed E-state index contributed by atoms with van der Waals surface area (Å²) in [5, 5.41) is 4.14. The summed E-state index contributed by atoms with van der Waals surface area (Å²) in [6.07, 6.45) is 0.726. The summed E-state index contributed by atoms with van der Waals surface area (Å²) in [4.78, 5) is 0. The summed E-state index contributed by atoms with van der Waals surface area (Å²) in [6, 6.07) is 10.9. The number of benzene rings is 2. The average Bonchev–Trinajstić information content (AvgIpc) is 2.41. The first-order valence-electron chi connectivity index (χ1n) is 6.94. The van der Waals surface area contributed by atoms with E-state index in [9.17, 15) is 4.39 Å². The van der Waals surface area contributed by atoms with Gasteiger partial charge in [0.05, 0.1) is 0 Å². The molecule has 0 spiro atoms. The number of halogens is 3. The summed E-state index contributed by atoms with van der Waals surface area (Å²) in [5.41, 5.74) is 3.21. The van der Waals surface area contributed by atoms with Crippen molar-refractivity contribution in [2.24, 2.45) is 0 Å². The Labute approximate surface area is 138 Å². The van der Waals surface area contributed by atoms with Crippen LogP contribution in [0.15, 0.2) is 40.9 Å². The third-order valence-corrected chi connectivity index (χ3v) is 4.15. The quantitative estimate of drug-likeness (QED) is 0.738. The van der Waals surface area contributed by atoms with Crippen molar-refractivity contribution in [2.75, 3.05) is 6.54 Å². The van der Waals surface area contributed by atoms with Crippen LogP contribution >= 0.6 is 27.5 Å². The van der Waals surface area contributed by atoms with Gasteiger partial charge in [-0.25, -0.2) is 4.39 Å². The van der Waals surface area contributed by atoms with Gasteiger partial charge in [0.15, 0.2) is 0 Å². The Hall–Kier alpha value is -0.900. The predicted molar refractivity (Wildman–Crippen MR) is 90.4 cm³/mol. The lowest BCUT2D eigenvalue weighted by Gasteiger charge is -2.20. The highest BCUT2D eigenvalue weighted by atomic mass is 79.9. The van der Waals surface area contributed by atoms with Crippen LogP contribution in [0.25, 0.3) is 0 Å². The third kappa shape index (κ3) is 4.53. The number of hydrogen-bond acceptors (Lipinski definition) is 1. The van der Waals surface area contributed by atoms with Crippen LogP contribution in [-0.4, -0.2) is 6.54 Å². The Bertz CT molecular complexity index is 610. The van der Waals surface area contributed by atoms with Crippen molar-refractivity contribution < 1.29 is 4.39 Å². The molecule has 0 fully saturated rings. The van der Waals surface area contributed by atoms with Gasteiger partial charge in [0.1, 0.15) is 5.82 Å². The Morgan fingerprint density at radius 1 is 1.24 bits per heavy atom. The third-order valence-electron chi connectivity index (χ3n) is 3.47. The molecule has 2 aromatic rings. The van der Waals surface area contributed by atoms with Gasteiger partial charge in [-0.1, -0.05) is 40.5 Å². The van der Waals surface area contributed by atoms with Crippen LogP contribution in [0.4, 0.5) is 4.39 Å². The maximum absolute atomic E-state index is 13.5. The van der Waals surface area contributed by atoms with E-state index in [1.165, 1.54) is 6.07 Å². The number of aryl methyl sites for hydroxylation is 1. The van der Waals surface area contributed by atoms with Gasteiger partial charge < -0.3 is 5.32 Å². The fourth-order valence-corrected chi connectivity index (χ4v) is 3.30. The highest BCUT2D eigenvalue weighted by Gasteiger charge is 2.14. The van der Waals surface area contributed by atoms with E-state index in [-0.39, 0.29) is 11.9 Å². The zero-order valence-corrected chi connectivity index (χ0v) is 14.4. The monoisotopic (exact) mass is 369 g/mol. The fourth-order valence-electron chi connectivity index (χ4n) is 2.41. The van der Waals surface area contributed by atoms with Crippen molar-refractivity contribution in [3.8, 4) is 0 Å². The molecule has 1 nitrogen and oxygen atoms in total. The molecule has 0 aliphatic rings. The summed E-state index contributed by atoms with van der Waals surface area (Å²) in [6.45, 7) is 4.90. The molecule has 0 radical (unpaired) electrons. The number of nitrogens with one attached hydrogen (secondary N) is 1. The number of hydrogen-bond donors (Lipinski definition) is 1. The molecule has 0 bridgehead atoms. The standard InChI is InChI=1S/C17H18BrClFN/c1-3-21-17(13-6-14(18)10-15(19)7-13)9-12-8-16(20)5-4-11(12)2/h4-8,10,17,21H,3,9H2,1-2H3. The van der Waals surface area contributed by atoms with E-state index < -0.39 is 0 Å². The molecular formula is C17H18BrClFN. The Morgan fingerprint density at radius 3 is 2.67 bits per heavy atom. The van der Waals surface area contributed by atoms with Gasteiger partial charge in [0.25, 0.3) is 0 Å². The predicted octanol–water partition coefficient (Wildman–Crippen LogP) is 5.44. The first-order chi connectivity index (χ1) is 9.99. The van der Waals surface area contributed by atoms with Gasteiger partial charge >= 0.3 is 0 Å². The van der Waals surface area contributed by atoms with Crippen LogP contribution in [0.1, 0.15) is 29.7 Å². The summed E-state index contributed by atoms with van der Waals surface area (Å²) >= 11 is 9.61. The SMILES string of the molecule is CCNC(Cc1cc(F)ccc1C)c1cc(Cl)cc(Br)c1. The van der Waals surface area contributed by atoms with Crippen molar-refractivity contribution in [1.82, 2.24) is 5.32 Å². The van der Waals surface area contributed by atoms with Gasteiger partial charge in [-0.2, -0.15) is 0 Å². The minimum atomic E-state index is -0.196. The second-order valence-electron chi connectivity index (χ2n) is 5.09. The molecule has 2 aromatic carbocycles. The van der Waals surface area contributed by atoms with Gasteiger partial charge in [-0.05, 0) is 66.9 Å².